The number of hydrogen-bond acceptors (Lipinski definition) is 5. The zero-order valence-corrected chi connectivity index (χ0v) is 21.0. The third kappa shape index (κ3) is 6.99. The van der Waals surface area contributed by atoms with Crippen molar-refractivity contribution in [1.82, 2.24) is 5.32 Å². The lowest BCUT2D eigenvalue weighted by molar-refractivity contribution is -0.119. The van der Waals surface area contributed by atoms with Crippen LogP contribution in [0.15, 0.2) is 83.8 Å². The van der Waals surface area contributed by atoms with Crippen molar-refractivity contribution in [2.45, 2.75) is 31.6 Å². The average Bonchev–Trinajstić information content (AvgIpc) is 2.87. The molecule has 0 radical (unpaired) electrons. The van der Waals surface area contributed by atoms with E-state index in [1.54, 1.807) is 42.5 Å². The Morgan fingerprint density at radius 3 is 2.14 bits per heavy atom. The van der Waals surface area contributed by atoms with Gasteiger partial charge in [0.05, 0.1) is 23.8 Å². The van der Waals surface area contributed by atoms with Gasteiger partial charge in [-0.15, -0.1) is 0 Å². The van der Waals surface area contributed by atoms with Gasteiger partial charge in [0.2, 0.25) is 5.91 Å². The molecule has 7 nitrogen and oxygen atoms in total. The molecule has 0 spiro atoms. The van der Waals surface area contributed by atoms with Crippen LogP contribution in [0, 0.1) is 0 Å². The summed E-state index contributed by atoms with van der Waals surface area (Å²) in [7, 11) is -4.00. The van der Waals surface area contributed by atoms with Gasteiger partial charge in [0.25, 0.3) is 10.0 Å². The van der Waals surface area contributed by atoms with Crippen LogP contribution in [0.25, 0.3) is 0 Å². The topological polar surface area (TPSA) is 84.9 Å². The van der Waals surface area contributed by atoms with Crippen LogP contribution in [0.1, 0.15) is 25.8 Å². The Morgan fingerprint density at radius 2 is 1.43 bits per heavy atom. The molecule has 3 aromatic carbocycles. The second kappa shape index (κ2) is 12.8. The van der Waals surface area contributed by atoms with E-state index < -0.39 is 15.9 Å². The molecule has 1 N–H and O–H groups in total. The Hall–Kier alpha value is -3.52. The maximum absolute atomic E-state index is 13.5. The second-order valence-electron chi connectivity index (χ2n) is 7.72. The summed E-state index contributed by atoms with van der Waals surface area (Å²) in [5.74, 6) is 0.845. The average molecular weight is 497 g/mol. The van der Waals surface area contributed by atoms with Crippen molar-refractivity contribution >= 4 is 21.6 Å². The summed E-state index contributed by atoms with van der Waals surface area (Å²) in [6.45, 7) is 4.76. The van der Waals surface area contributed by atoms with E-state index in [9.17, 15) is 13.2 Å². The number of ether oxygens (including phenoxy) is 2. The number of carbonyl (C=O) groups is 1. The SMILES string of the molecule is CCOc1ccccc1CCCNC(=O)CN(c1ccccc1OCC)S(=O)(=O)c1ccccc1. The van der Waals surface area contributed by atoms with E-state index in [-0.39, 0.29) is 11.4 Å². The molecule has 3 rings (SSSR count). The van der Waals surface area contributed by atoms with Gasteiger partial charge in [-0.1, -0.05) is 48.5 Å². The highest BCUT2D eigenvalue weighted by atomic mass is 32.2. The number of nitrogens with zero attached hydrogens (tertiary/aromatic N) is 1. The quantitative estimate of drug-likeness (QED) is 0.354. The third-order valence-electron chi connectivity index (χ3n) is 5.27. The first-order chi connectivity index (χ1) is 17.0. The first kappa shape index (κ1) is 26.1. The fourth-order valence-electron chi connectivity index (χ4n) is 3.66. The van der Waals surface area contributed by atoms with Crippen LogP contribution in [0.5, 0.6) is 11.5 Å². The predicted octanol–water partition coefficient (Wildman–Crippen LogP) is 4.43. The molecule has 0 saturated carbocycles. The van der Waals surface area contributed by atoms with Gasteiger partial charge < -0.3 is 14.8 Å². The van der Waals surface area contributed by atoms with Crippen molar-refractivity contribution in [1.29, 1.82) is 0 Å². The molecular weight excluding hydrogens is 464 g/mol. The molecule has 0 heterocycles. The molecule has 0 saturated heterocycles. The molecule has 0 aromatic heterocycles. The number of anilines is 1. The highest BCUT2D eigenvalue weighted by molar-refractivity contribution is 7.92. The number of amides is 1. The Bertz CT molecular complexity index is 1200. The number of hydrogen-bond donors (Lipinski definition) is 1. The van der Waals surface area contributed by atoms with Crippen LogP contribution in [0.2, 0.25) is 0 Å². The van der Waals surface area contributed by atoms with E-state index in [1.807, 2.05) is 38.1 Å². The fourth-order valence-corrected chi connectivity index (χ4v) is 5.11. The van der Waals surface area contributed by atoms with E-state index in [4.69, 9.17) is 9.47 Å². The van der Waals surface area contributed by atoms with Crippen LogP contribution in [-0.2, 0) is 21.2 Å². The predicted molar refractivity (Wildman–Crippen MR) is 138 cm³/mol. The standard InChI is InChI=1S/C27H32N2O5S/c1-3-33-25-18-10-8-13-22(25)14-12-20-28-27(30)21-29(24-17-9-11-19-26(24)34-4-2)35(31,32)23-15-6-5-7-16-23/h5-11,13,15-19H,3-4,12,14,20-21H2,1-2H3,(H,28,30). The maximum atomic E-state index is 13.5. The van der Waals surface area contributed by atoms with Crippen molar-refractivity contribution in [3.63, 3.8) is 0 Å². The number of nitrogens with one attached hydrogen (secondary N) is 1. The van der Waals surface area contributed by atoms with Crippen molar-refractivity contribution in [3.05, 3.63) is 84.4 Å². The molecule has 1 amide bonds. The number of rotatable bonds is 13. The van der Waals surface area contributed by atoms with E-state index in [0.29, 0.717) is 37.6 Å². The molecule has 0 atom stereocenters. The van der Waals surface area contributed by atoms with Crippen molar-refractivity contribution in [3.8, 4) is 11.5 Å². The van der Waals surface area contributed by atoms with E-state index in [2.05, 4.69) is 5.32 Å². The van der Waals surface area contributed by atoms with Gasteiger partial charge in [-0.25, -0.2) is 8.42 Å². The molecule has 3 aromatic rings. The molecule has 0 fully saturated rings. The van der Waals surface area contributed by atoms with Crippen LogP contribution in [-0.4, -0.2) is 40.6 Å². The maximum Gasteiger partial charge on any atom is 0.264 e. The Labute approximate surface area is 207 Å². The minimum absolute atomic E-state index is 0.103. The lowest BCUT2D eigenvalue weighted by atomic mass is 10.1. The van der Waals surface area contributed by atoms with E-state index in [1.165, 1.54) is 12.1 Å². The van der Waals surface area contributed by atoms with Gasteiger partial charge in [0.15, 0.2) is 0 Å². The summed E-state index contributed by atoms with van der Waals surface area (Å²) in [6, 6.07) is 22.7. The summed E-state index contributed by atoms with van der Waals surface area (Å²) in [4.78, 5) is 13.0. The molecule has 35 heavy (non-hydrogen) atoms. The summed E-state index contributed by atoms with van der Waals surface area (Å²) in [5.41, 5.74) is 1.39. The van der Waals surface area contributed by atoms with Gasteiger partial charge in [0.1, 0.15) is 18.0 Å². The number of sulfonamides is 1. The van der Waals surface area contributed by atoms with E-state index in [0.717, 1.165) is 22.0 Å². The Balaban J connectivity index is 1.73. The summed E-state index contributed by atoms with van der Waals surface area (Å²) in [5, 5.41) is 2.85. The molecule has 0 aliphatic rings. The minimum atomic E-state index is -4.00. The molecule has 186 valence electrons. The Kier molecular flexibility index (Phi) is 9.55. The zero-order chi connectivity index (χ0) is 25.1. The van der Waals surface area contributed by atoms with E-state index >= 15 is 0 Å². The Morgan fingerprint density at radius 1 is 0.829 bits per heavy atom. The largest absolute Gasteiger partial charge is 0.494 e. The lowest BCUT2D eigenvalue weighted by Crippen LogP contribution is -2.41. The van der Waals surface area contributed by atoms with Gasteiger partial charge >= 0.3 is 0 Å². The monoisotopic (exact) mass is 496 g/mol. The van der Waals surface area contributed by atoms with Gasteiger partial charge in [-0.05, 0) is 62.6 Å². The number of carbonyl (C=O) groups excluding carboxylic acids is 1. The van der Waals surface area contributed by atoms with Crippen molar-refractivity contribution < 1.29 is 22.7 Å². The highest BCUT2D eigenvalue weighted by Gasteiger charge is 2.29. The van der Waals surface area contributed by atoms with Crippen molar-refractivity contribution in [2.24, 2.45) is 0 Å². The van der Waals surface area contributed by atoms with Gasteiger partial charge in [-0.3, -0.25) is 9.10 Å². The lowest BCUT2D eigenvalue weighted by Gasteiger charge is -2.26. The third-order valence-corrected chi connectivity index (χ3v) is 7.04. The minimum Gasteiger partial charge on any atom is -0.494 e. The molecular formula is C27H32N2O5S. The van der Waals surface area contributed by atoms with Crippen molar-refractivity contribution in [2.75, 3.05) is 30.6 Å². The fraction of sp³-hybridized carbons (Fsp3) is 0.296. The number of aryl methyl sites for hydroxylation is 1. The van der Waals surface area contributed by atoms with Gasteiger partial charge in [-0.2, -0.15) is 0 Å². The molecule has 0 aliphatic carbocycles. The van der Waals surface area contributed by atoms with Crippen LogP contribution < -0.4 is 19.1 Å². The first-order valence-electron chi connectivity index (χ1n) is 11.7. The van der Waals surface area contributed by atoms with Crippen LogP contribution >= 0.6 is 0 Å². The number of benzene rings is 3. The summed E-state index contributed by atoms with van der Waals surface area (Å²) in [6.07, 6.45) is 1.42. The van der Waals surface area contributed by atoms with Crippen LogP contribution in [0.4, 0.5) is 5.69 Å². The van der Waals surface area contributed by atoms with Crippen LogP contribution in [0.3, 0.4) is 0 Å². The first-order valence-corrected chi connectivity index (χ1v) is 13.2. The summed E-state index contributed by atoms with van der Waals surface area (Å²) >= 11 is 0. The zero-order valence-electron chi connectivity index (χ0n) is 20.1. The smallest absolute Gasteiger partial charge is 0.264 e. The molecule has 0 unspecified atom stereocenters. The second-order valence-corrected chi connectivity index (χ2v) is 9.58. The molecule has 0 bridgehead atoms. The molecule has 0 aliphatic heterocycles. The normalized spacial score (nSPS) is 11.0. The summed E-state index contributed by atoms with van der Waals surface area (Å²) < 4.78 is 39.4. The van der Waals surface area contributed by atoms with Gasteiger partial charge in [0, 0.05) is 6.54 Å². The molecule has 8 heteroatoms. The highest BCUT2D eigenvalue weighted by Crippen LogP contribution is 2.32. The number of para-hydroxylation sites is 3.